The number of nitrogens with zero attached hydrogens (tertiary/aromatic N) is 1. The molecular formula is C14H12ClFN2O2. The van der Waals surface area contributed by atoms with Crippen LogP contribution in [0, 0.1) is 5.82 Å². The molecule has 0 atom stereocenters. The molecule has 0 aliphatic carbocycles. The maximum Gasteiger partial charge on any atom is 0.240 e. The molecule has 2 rings (SSSR count). The lowest BCUT2D eigenvalue weighted by molar-refractivity contribution is -0.121. The highest BCUT2D eigenvalue weighted by Crippen LogP contribution is 2.16. The summed E-state index contributed by atoms with van der Waals surface area (Å²) in [6.07, 6.45) is 3.07. The van der Waals surface area contributed by atoms with Crippen molar-refractivity contribution >= 4 is 17.5 Å². The lowest BCUT2D eigenvalue weighted by Crippen LogP contribution is -2.27. The zero-order chi connectivity index (χ0) is 14.5. The van der Waals surface area contributed by atoms with Gasteiger partial charge in [-0.2, -0.15) is 0 Å². The second-order valence-electron chi connectivity index (χ2n) is 4.22. The van der Waals surface area contributed by atoms with Crippen LogP contribution in [0.1, 0.15) is 5.56 Å². The van der Waals surface area contributed by atoms with Crippen molar-refractivity contribution in [2.45, 2.75) is 13.1 Å². The molecule has 1 aromatic heterocycles. The molecule has 1 heterocycles. The van der Waals surface area contributed by atoms with Crippen LogP contribution in [0.4, 0.5) is 4.39 Å². The SMILES string of the molecule is O=C(Cn1ccc(=O)cc1)NCc1ccc(F)cc1Cl. The zero-order valence-corrected chi connectivity index (χ0v) is 11.2. The lowest BCUT2D eigenvalue weighted by Gasteiger charge is -2.08. The highest BCUT2D eigenvalue weighted by atomic mass is 35.5. The standard InChI is InChI=1S/C14H12ClFN2O2/c15-13-7-11(16)2-1-10(13)8-17-14(20)9-18-5-3-12(19)4-6-18/h1-7H,8-9H2,(H,17,20). The molecule has 0 bridgehead atoms. The van der Waals surface area contributed by atoms with Crippen LogP contribution in [0.25, 0.3) is 0 Å². The van der Waals surface area contributed by atoms with Gasteiger partial charge >= 0.3 is 0 Å². The monoisotopic (exact) mass is 294 g/mol. The number of hydrogen-bond donors (Lipinski definition) is 1. The summed E-state index contributed by atoms with van der Waals surface area (Å²) in [5, 5.41) is 2.95. The Labute approximate surface area is 119 Å². The molecule has 20 heavy (non-hydrogen) atoms. The number of rotatable bonds is 4. The highest BCUT2D eigenvalue weighted by molar-refractivity contribution is 6.31. The molecule has 0 fully saturated rings. The van der Waals surface area contributed by atoms with Crippen LogP contribution in [0.5, 0.6) is 0 Å². The Bertz CT molecular complexity index is 665. The Kier molecular flexibility index (Phi) is 4.53. The number of nitrogens with one attached hydrogen (secondary N) is 1. The number of pyridine rings is 1. The summed E-state index contributed by atoms with van der Waals surface area (Å²) in [6, 6.07) is 6.77. The van der Waals surface area contributed by atoms with Crippen LogP contribution >= 0.6 is 11.6 Å². The molecule has 0 radical (unpaired) electrons. The van der Waals surface area contributed by atoms with E-state index in [1.807, 2.05) is 0 Å². The van der Waals surface area contributed by atoms with Gasteiger partial charge in [-0.05, 0) is 17.7 Å². The summed E-state index contributed by atoms with van der Waals surface area (Å²) in [6.45, 7) is 0.317. The van der Waals surface area contributed by atoms with Gasteiger partial charge in [0, 0.05) is 36.1 Å². The van der Waals surface area contributed by atoms with Gasteiger partial charge in [0.25, 0.3) is 0 Å². The van der Waals surface area contributed by atoms with Crippen LogP contribution in [0.3, 0.4) is 0 Å². The van der Waals surface area contributed by atoms with Crippen molar-refractivity contribution in [3.63, 3.8) is 0 Å². The Balaban J connectivity index is 1.92. The normalized spacial score (nSPS) is 10.3. The van der Waals surface area contributed by atoms with Gasteiger partial charge in [-0.25, -0.2) is 4.39 Å². The second kappa shape index (κ2) is 6.34. The summed E-state index contributed by atoms with van der Waals surface area (Å²) in [7, 11) is 0. The van der Waals surface area contributed by atoms with Crippen molar-refractivity contribution < 1.29 is 9.18 Å². The first-order valence-electron chi connectivity index (χ1n) is 5.91. The Hall–Kier alpha value is -2.14. The third kappa shape index (κ3) is 3.93. The Morgan fingerprint density at radius 3 is 2.60 bits per heavy atom. The van der Waals surface area contributed by atoms with E-state index in [1.165, 1.54) is 42.7 Å². The van der Waals surface area contributed by atoms with Crippen molar-refractivity contribution in [1.29, 1.82) is 0 Å². The molecular weight excluding hydrogens is 283 g/mol. The molecule has 1 amide bonds. The molecule has 0 saturated heterocycles. The van der Waals surface area contributed by atoms with E-state index in [-0.39, 0.29) is 29.4 Å². The lowest BCUT2D eigenvalue weighted by atomic mass is 10.2. The quantitative estimate of drug-likeness (QED) is 0.937. The predicted molar refractivity (Wildman–Crippen MR) is 74.0 cm³/mol. The number of halogens is 2. The summed E-state index contributed by atoms with van der Waals surface area (Å²) in [5.74, 6) is -0.646. The van der Waals surface area contributed by atoms with Crippen LogP contribution in [0.15, 0.2) is 47.5 Å². The van der Waals surface area contributed by atoms with Gasteiger partial charge in [-0.15, -0.1) is 0 Å². The fourth-order valence-electron chi connectivity index (χ4n) is 1.63. The van der Waals surface area contributed by atoms with E-state index in [2.05, 4.69) is 5.32 Å². The summed E-state index contributed by atoms with van der Waals surface area (Å²) in [5.41, 5.74) is 0.529. The van der Waals surface area contributed by atoms with Crippen LogP contribution in [-0.4, -0.2) is 10.5 Å². The van der Waals surface area contributed by atoms with Gasteiger partial charge in [0.2, 0.25) is 5.91 Å². The van der Waals surface area contributed by atoms with Crippen molar-refractivity contribution in [3.8, 4) is 0 Å². The third-order valence-electron chi connectivity index (χ3n) is 2.68. The summed E-state index contributed by atoms with van der Waals surface area (Å²) in [4.78, 5) is 22.6. The molecule has 1 N–H and O–H groups in total. The third-order valence-corrected chi connectivity index (χ3v) is 3.03. The molecule has 0 aliphatic heterocycles. The maximum absolute atomic E-state index is 12.9. The minimum Gasteiger partial charge on any atom is -0.350 e. The van der Waals surface area contributed by atoms with Crippen molar-refractivity contribution in [1.82, 2.24) is 9.88 Å². The number of carbonyl (C=O) groups is 1. The number of benzene rings is 1. The fraction of sp³-hybridized carbons (Fsp3) is 0.143. The van der Waals surface area contributed by atoms with Gasteiger partial charge in [-0.1, -0.05) is 17.7 Å². The van der Waals surface area contributed by atoms with E-state index in [9.17, 15) is 14.0 Å². The van der Waals surface area contributed by atoms with E-state index in [0.29, 0.717) is 5.56 Å². The molecule has 2 aromatic rings. The van der Waals surface area contributed by atoms with Crippen LogP contribution < -0.4 is 10.7 Å². The van der Waals surface area contributed by atoms with Crippen LogP contribution in [0.2, 0.25) is 5.02 Å². The maximum atomic E-state index is 12.9. The Morgan fingerprint density at radius 2 is 1.95 bits per heavy atom. The van der Waals surface area contributed by atoms with Crippen molar-refractivity contribution in [3.05, 3.63) is 69.4 Å². The first-order chi connectivity index (χ1) is 9.54. The van der Waals surface area contributed by atoms with Gasteiger partial charge in [-0.3, -0.25) is 9.59 Å². The zero-order valence-electron chi connectivity index (χ0n) is 10.5. The van der Waals surface area contributed by atoms with Crippen molar-refractivity contribution in [2.75, 3.05) is 0 Å². The molecule has 0 spiro atoms. The minimum absolute atomic E-state index is 0.0963. The number of carbonyl (C=O) groups excluding carboxylic acids is 1. The predicted octanol–water partition coefficient (Wildman–Crippen LogP) is 1.96. The summed E-state index contributed by atoms with van der Waals surface area (Å²) < 4.78 is 14.5. The second-order valence-corrected chi connectivity index (χ2v) is 4.63. The van der Waals surface area contributed by atoms with E-state index in [4.69, 9.17) is 11.6 Å². The van der Waals surface area contributed by atoms with Crippen LogP contribution in [-0.2, 0) is 17.9 Å². The number of amides is 1. The fourth-order valence-corrected chi connectivity index (χ4v) is 1.86. The topological polar surface area (TPSA) is 51.1 Å². The number of hydrogen-bond acceptors (Lipinski definition) is 2. The summed E-state index contributed by atoms with van der Waals surface area (Å²) >= 11 is 5.86. The molecule has 6 heteroatoms. The van der Waals surface area contributed by atoms with E-state index >= 15 is 0 Å². The first kappa shape index (κ1) is 14.3. The van der Waals surface area contributed by atoms with Gasteiger partial charge < -0.3 is 9.88 Å². The largest absolute Gasteiger partial charge is 0.350 e. The van der Waals surface area contributed by atoms with E-state index in [0.717, 1.165) is 0 Å². The molecule has 4 nitrogen and oxygen atoms in total. The van der Waals surface area contributed by atoms with Gasteiger partial charge in [0.05, 0.1) is 0 Å². The molecule has 1 aromatic carbocycles. The minimum atomic E-state index is -0.418. The molecule has 0 aliphatic rings. The van der Waals surface area contributed by atoms with Crippen molar-refractivity contribution in [2.24, 2.45) is 0 Å². The molecule has 0 saturated carbocycles. The number of aromatic nitrogens is 1. The highest BCUT2D eigenvalue weighted by Gasteiger charge is 2.05. The molecule has 104 valence electrons. The smallest absolute Gasteiger partial charge is 0.240 e. The van der Waals surface area contributed by atoms with E-state index < -0.39 is 5.82 Å². The van der Waals surface area contributed by atoms with Gasteiger partial charge in [0.15, 0.2) is 5.43 Å². The van der Waals surface area contributed by atoms with Gasteiger partial charge in [0.1, 0.15) is 12.4 Å². The average molecular weight is 295 g/mol. The average Bonchev–Trinajstić information content (AvgIpc) is 2.40. The first-order valence-corrected chi connectivity index (χ1v) is 6.29. The molecule has 0 unspecified atom stereocenters. The Morgan fingerprint density at radius 1 is 1.25 bits per heavy atom. The van der Waals surface area contributed by atoms with E-state index in [1.54, 1.807) is 4.57 Å².